The van der Waals surface area contributed by atoms with Crippen LogP contribution in [0.15, 0.2) is 42.5 Å². The van der Waals surface area contributed by atoms with E-state index in [-0.39, 0.29) is 0 Å². The van der Waals surface area contributed by atoms with E-state index in [1.54, 1.807) is 18.4 Å². The first kappa shape index (κ1) is 17.5. The number of imidazole rings is 1. The number of fused-ring (bicyclic) bond motifs is 1. The number of ether oxygens (including phenoxy) is 1. The first-order valence-electron chi connectivity index (χ1n) is 8.72. The van der Waals surface area contributed by atoms with Gasteiger partial charge in [0.25, 0.3) is 0 Å². The Morgan fingerprint density at radius 2 is 1.81 bits per heavy atom. The molecule has 0 aliphatic rings. The minimum Gasteiger partial charge on any atom is -0.497 e. The number of benzene rings is 2. The molecule has 5 heteroatoms. The zero-order chi connectivity index (χ0) is 19.1. The third kappa shape index (κ3) is 2.84. The lowest BCUT2D eigenvalue weighted by Crippen LogP contribution is -1.97. The molecule has 27 heavy (non-hydrogen) atoms. The molecule has 2 aromatic carbocycles. The number of aryl methyl sites for hydroxylation is 3. The molecular weight excluding hydrogens is 356 g/mol. The van der Waals surface area contributed by atoms with Crippen molar-refractivity contribution in [2.24, 2.45) is 0 Å². The lowest BCUT2D eigenvalue weighted by atomic mass is 10.0. The van der Waals surface area contributed by atoms with Gasteiger partial charge in [0, 0.05) is 16.0 Å². The largest absolute Gasteiger partial charge is 0.497 e. The highest BCUT2D eigenvalue weighted by molar-refractivity contribution is 7.17. The molecule has 4 rings (SSSR count). The first-order valence-corrected chi connectivity index (χ1v) is 9.54. The van der Waals surface area contributed by atoms with Crippen LogP contribution in [-0.4, -0.2) is 22.8 Å². The molecule has 4 aromatic rings. The van der Waals surface area contributed by atoms with Crippen LogP contribution in [0.2, 0.25) is 0 Å². The predicted molar refractivity (Wildman–Crippen MR) is 110 cm³/mol. The molecule has 0 unspecified atom stereocenters. The number of aromatic nitrogens is 2. The van der Waals surface area contributed by atoms with E-state index in [0.717, 1.165) is 38.7 Å². The zero-order valence-corrected chi connectivity index (χ0v) is 16.6. The number of thiazole rings is 1. The fraction of sp³-hybridized carbons (Fsp3) is 0.182. The number of carbonyl (C=O) groups is 1. The monoisotopic (exact) mass is 376 g/mol. The Hall–Kier alpha value is -2.92. The van der Waals surface area contributed by atoms with Gasteiger partial charge in [-0.05, 0) is 50.6 Å². The fourth-order valence-electron chi connectivity index (χ4n) is 3.50. The molecule has 2 heterocycles. The quantitative estimate of drug-likeness (QED) is 0.443. The summed E-state index contributed by atoms with van der Waals surface area (Å²) in [5.41, 5.74) is 6.76. The normalized spacial score (nSPS) is 11.1. The molecule has 0 N–H and O–H groups in total. The van der Waals surface area contributed by atoms with E-state index in [2.05, 4.69) is 39.0 Å². The number of aldehydes is 1. The SMILES string of the molecule is COc1ccc(-c2nc3sc(C)c(-c4ccc(C)cc4C)n3c2C=O)cc1. The van der Waals surface area contributed by atoms with Crippen LogP contribution in [-0.2, 0) is 0 Å². The second-order valence-electron chi connectivity index (χ2n) is 6.64. The van der Waals surface area contributed by atoms with Crippen LogP contribution in [0.5, 0.6) is 5.75 Å². The van der Waals surface area contributed by atoms with E-state index in [1.165, 1.54) is 11.1 Å². The van der Waals surface area contributed by atoms with Crippen LogP contribution < -0.4 is 4.74 Å². The molecule has 0 aliphatic heterocycles. The van der Waals surface area contributed by atoms with Gasteiger partial charge in [-0.1, -0.05) is 23.8 Å². The molecule has 0 atom stereocenters. The Kier molecular flexibility index (Phi) is 4.32. The molecule has 0 amide bonds. The van der Waals surface area contributed by atoms with Gasteiger partial charge >= 0.3 is 0 Å². The average Bonchev–Trinajstić information content (AvgIpc) is 3.16. The van der Waals surface area contributed by atoms with E-state index < -0.39 is 0 Å². The van der Waals surface area contributed by atoms with Crippen LogP contribution in [0.4, 0.5) is 0 Å². The second-order valence-corrected chi connectivity index (χ2v) is 7.82. The van der Waals surface area contributed by atoms with E-state index in [0.29, 0.717) is 11.4 Å². The minimum atomic E-state index is 0.578. The maximum Gasteiger partial charge on any atom is 0.195 e. The van der Waals surface area contributed by atoms with Gasteiger partial charge in [-0.25, -0.2) is 4.98 Å². The van der Waals surface area contributed by atoms with Crippen molar-refractivity contribution in [3.05, 3.63) is 64.2 Å². The summed E-state index contributed by atoms with van der Waals surface area (Å²) in [7, 11) is 1.64. The summed E-state index contributed by atoms with van der Waals surface area (Å²) >= 11 is 1.61. The van der Waals surface area contributed by atoms with Crippen LogP contribution in [0.25, 0.3) is 27.5 Å². The molecular formula is C22H20N2O2S. The summed E-state index contributed by atoms with van der Waals surface area (Å²) in [6, 6.07) is 14.0. The van der Waals surface area contributed by atoms with Gasteiger partial charge in [0.2, 0.25) is 0 Å². The molecule has 4 nitrogen and oxygen atoms in total. The number of methoxy groups -OCH3 is 1. The summed E-state index contributed by atoms with van der Waals surface area (Å²) in [5.74, 6) is 0.777. The summed E-state index contributed by atoms with van der Waals surface area (Å²) < 4.78 is 7.22. The van der Waals surface area contributed by atoms with Gasteiger partial charge in [-0.15, -0.1) is 11.3 Å². The van der Waals surface area contributed by atoms with Crippen molar-refractivity contribution < 1.29 is 9.53 Å². The van der Waals surface area contributed by atoms with E-state index in [9.17, 15) is 4.79 Å². The van der Waals surface area contributed by atoms with Crippen molar-refractivity contribution >= 4 is 22.6 Å². The van der Waals surface area contributed by atoms with Crippen molar-refractivity contribution in [1.29, 1.82) is 0 Å². The fourth-order valence-corrected chi connectivity index (χ4v) is 4.49. The molecule has 0 bridgehead atoms. The highest BCUT2D eigenvalue weighted by Gasteiger charge is 2.21. The molecule has 2 aromatic heterocycles. The number of hydrogen-bond acceptors (Lipinski definition) is 4. The van der Waals surface area contributed by atoms with Crippen molar-refractivity contribution in [2.45, 2.75) is 20.8 Å². The molecule has 0 aliphatic carbocycles. The van der Waals surface area contributed by atoms with Crippen molar-refractivity contribution in [3.63, 3.8) is 0 Å². The molecule has 0 saturated heterocycles. The van der Waals surface area contributed by atoms with Crippen molar-refractivity contribution in [2.75, 3.05) is 7.11 Å². The lowest BCUT2D eigenvalue weighted by molar-refractivity contribution is 0.111. The Morgan fingerprint density at radius 1 is 1.07 bits per heavy atom. The van der Waals surface area contributed by atoms with Gasteiger partial charge in [-0.3, -0.25) is 9.20 Å². The van der Waals surface area contributed by atoms with E-state index in [4.69, 9.17) is 9.72 Å². The van der Waals surface area contributed by atoms with Crippen molar-refractivity contribution in [1.82, 2.24) is 9.38 Å². The number of nitrogens with zero attached hydrogens (tertiary/aromatic N) is 2. The molecule has 136 valence electrons. The topological polar surface area (TPSA) is 43.6 Å². The summed E-state index contributed by atoms with van der Waals surface area (Å²) in [6.07, 6.45) is 0.902. The highest BCUT2D eigenvalue weighted by Crippen LogP contribution is 2.37. The Balaban J connectivity index is 1.97. The molecule has 0 spiro atoms. The third-order valence-corrected chi connectivity index (χ3v) is 5.75. The van der Waals surface area contributed by atoms with E-state index >= 15 is 0 Å². The maximum atomic E-state index is 12.0. The van der Waals surface area contributed by atoms with Crippen LogP contribution in [0.1, 0.15) is 26.5 Å². The molecule has 0 fully saturated rings. The van der Waals surface area contributed by atoms with Gasteiger partial charge in [0.1, 0.15) is 17.1 Å². The number of carbonyl (C=O) groups excluding carboxylic acids is 1. The standard InChI is InChI=1S/C22H20N2O2S/c1-13-5-10-18(14(2)11-13)21-15(3)27-22-23-20(19(12-25)24(21)22)16-6-8-17(26-4)9-7-16/h5-12H,1-4H3. The highest BCUT2D eigenvalue weighted by atomic mass is 32.1. The first-order chi connectivity index (χ1) is 13.0. The number of hydrogen-bond donors (Lipinski definition) is 0. The second kappa shape index (κ2) is 6.67. The summed E-state index contributed by atoms with van der Waals surface area (Å²) in [4.78, 5) is 18.8. The third-order valence-electron chi connectivity index (χ3n) is 4.80. The van der Waals surface area contributed by atoms with Gasteiger partial charge in [0.05, 0.1) is 12.8 Å². The lowest BCUT2D eigenvalue weighted by Gasteiger charge is -2.09. The molecule has 0 radical (unpaired) electrons. The average molecular weight is 376 g/mol. The molecule has 0 saturated carbocycles. The number of rotatable bonds is 4. The van der Waals surface area contributed by atoms with Crippen molar-refractivity contribution in [3.8, 4) is 28.3 Å². The van der Waals surface area contributed by atoms with Gasteiger partial charge in [-0.2, -0.15) is 0 Å². The predicted octanol–water partition coefficient (Wildman–Crippen LogP) is 5.48. The Morgan fingerprint density at radius 3 is 2.44 bits per heavy atom. The Labute approximate surface area is 162 Å². The zero-order valence-electron chi connectivity index (χ0n) is 15.7. The van der Waals surface area contributed by atoms with Gasteiger partial charge < -0.3 is 4.74 Å². The minimum absolute atomic E-state index is 0.578. The van der Waals surface area contributed by atoms with Gasteiger partial charge in [0.15, 0.2) is 11.2 Å². The van der Waals surface area contributed by atoms with Crippen LogP contribution in [0.3, 0.4) is 0 Å². The summed E-state index contributed by atoms with van der Waals surface area (Å²) in [5, 5.41) is 0. The Bertz CT molecular complexity index is 1150. The maximum absolute atomic E-state index is 12.0. The smallest absolute Gasteiger partial charge is 0.195 e. The summed E-state index contributed by atoms with van der Waals surface area (Å²) in [6.45, 7) is 6.27. The van der Waals surface area contributed by atoms with Crippen LogP contribution >= 0.6 is 11.3 Å². The van der Waals surface area contributed by atoms with Crippen LogP contribution in [0, 0.1) is 20.8 Å². The van der Waals surface area contributed by atoms with E-state index in [1.807, 2.05) is 28.7 Å².